The second kappa shape index (κ2) is 6.22. The normalized spacial score (nSPS) is 12.1. The van der Waals surface area contributed by atoms with E-state index in [0.717, 1.165) is 0 Å². The summed E-state index contributed by atoms with van der Waals surface area (Å²) < 4.78 is 11.2. The van der Waals surface area contributed by atoms with E-state index in [1.807, 2.05) is 6.92 Å². The summed E-state index contributed by atoms with van der Waals surface area (Å²) in [6, 6.07) is 1.60. The van der Waals surface area contributed by atoms with E-state index < -0.39 is 16.8 Å². The predicted molar refractivity (Wildman–Crippen MR) is 63.2 cm³/mol. The second-order valence-corrected chi connectivity index (χ2v) is 4.95. The van der Waals surface area contributed by atoms with Crippen LogP contribution in [0.25, 0.3) is 0 Å². The first kappa shape index (κ1) is 12.6. The number of nitrogens with zero attached hydrogens (tertiary/aromatic N) is 1. The number of aromatic carboxylic acids is 1. The summed E-state index contributed by atoms with van der Waals surface area (Å²) in [5.41, 5.74) is 0.639. The number of rotatable bonds is 6. The van der Waals surface area contributed by atoms with Crippen LogP contribution in [0.2, 0.25) is 0 Å². The molecule has 0 fully saturated rings. The smallest absolute Gasteiger partial charge is 0.339 e. The molecule has 1 aromatic rings. The third-order valence-corrected chi connectivity index (χ3v) is 3.32. The second-order valence-electron chi connectivity index (χ2n) is 3.09. The van der Waals surface area contributed by atoms with Crippen molar-refractivity contribution in [2.75, 3.05) is 23.4 Å². The van der Waals surface area contributed by atoms with Crippen LogP contribution in [-0.4, -0.2) is 38.3 Å². The lowest BCUT2D eigenvalue weighted by Crippen LogP contribution is -2.14. The van der Waals surface area contributed by atoms with Gasteiger partial charge >= 0.3 is 5.97 Å². The summed E-state index contributed by atoms with van der Waals surface area (Å²) in [4.78, 5) is 14.6. The Balaban J connectivity index is 2.60. The molecule has 0 saturated heterocycles. The maximum Gasteiger partial charge on any atom is 0.339 e. The predicted octanol–water partition coefficient (Wildman–Crippen LogP) is 0.960. The van der Waals surface area contributed by atoms with Gasteiger partial charge in [0.25, 0.3) is 0 Å². The standard InChI is InChI=1S/C10H14N2O3S/c1-2-16(15)6-5-12-9-3-4-11-7-8(9)10(13)14/h3-4,7H,2,5-6H2,1H3,(H,11,12)(H,13,14). The molecule has 0 amide bonds. The average molecular weight is 242 g/mol. The summed E-state index contributed by atoms with van der Waals surface area (Å²) >= 11 is 0. The number of carboxylic acids is 1. The van der Waals surface area contributed by atoms with E-state index >= 15 is 0 Å². The molecule has 0 saturated carbocycles. The lowest BCUT2D eigenvalue weighted by atomic mass is 10.2. The van der Waals surface area contributed by atoms with Crippen molar-refractivity contribution in [2.45, 2.75) is 6.92 Å². The third-order valence-electron chi connectivity index (χ3n) is 2.02. The van der Waals surface area contributed by atoms with Crippen LogP contribution in [0.1, 0.15) is 17.3 Å². The Labute approximate surface area is 96.4 Å². The van der Waals surface area contributed by atoms with Crippen molar-refractivity contribution >= 4 is 22.5 Å². The van der Waals surface area contributed by atoms with E-state index in [1.165, 1.54) is 12.4 Å². The first-order valence-corrected chi connectivity index (χ1v) is 6.40. The molecule has 16 heavy (non-hydrogen) atoms. The van der Waals surface area contributed by atoms with Crippen molar-refractivity contribution in [1.29, 1.82) is 0 Å². The summed E-state index contributed by atoms with van der Waals surface area (Å²) in [5.74, 6) is 0.106. The molecule has 2 N–H and O–H groups in total. The third kappa shape index (κ3) is 3.62. The van der Waals surface area contributed by atoms with Gasteiger partial charge in [0.1, 0.15) is 5.56 Å². The Morgan fingerprint density at radius 2 is 2.38 bits per heavy atom. The van der Waals surface area contributed by atoms with Gasteiger partial charge in [-0.15, -0.1) is 0 Å². The first-order valence-electron chi connectivity index (χ1n) is 4.91. The molecular formula is C10H14N2O3S. The first-order chi connectivity index (χ1) is 7.65. The van der Waals surface area contributed by atoms with Crippen molar-refractivity contribution in [2.24, 2.45) is 0 Å². The molecule has 0 aliphatic carbocycles. The molecule has 0 aliphatic heterocycles. The molecule has 5 nitrogen and oxygen atoms in total. The van der Waals surface area contributed by atoms with Gasteiger partial charge in [0.05, 0.1) is 5.69 Å². The minimum Gasteiger partial charge on any atom is -0.478 e. The zero-order chi connectivity index (χ0) is 12.0. The highest BCUT2D eigenvalue weighted by atomic mass is 32.2. The largest absolute Gasteiger partial charge is 0.478 e. The fraction of sp³-hybridized carbons (Fsp3) is 0.400. The molecule has 0 radical (unpaired) electrons. The van der Waals surface area contributed by atoms with Crippen LogP contribution in [0.5, 0.6) is 0 Å². The molecule has 88 valence electrons. The summed E-state index contributed by atoms with van der Waals surface area (Å²) in [6.07, 6.45) is 2.81. The molecule has 1 rings (SSSR count). The molecule has 0 aliphatic rings. The molecule has 1 heterocycles. The minimum atomic E-state index is -1.02. The Morgan fingerprint density at radius 3 is 3.00 bits per heavy atom. The number of carbonyl (C=O) groups is 1. The van der Waals surface area contributed by atoms with Crippen LogP contribution in [-0.2, 0) is 10.8 Å². The minimum absolute atomic E-state index is 0.129. The van der Waals surface area contributed by atoms with E-state index in [0.29, 0.717) is 23.7 Å². The maximum atomic E-state index is 11.2. The van der Waals surface area contributed by atoms with Crippen molar-refractivity contribution in [3.63, 3.8) is 0 Å². The van der Waals surface area contributed by atoms with Gasteiger partial charge < -0.3 is 10.4 Å². The maximum absolute atomic E-state index is 11.2. The van der Waals surface area contributed by atoms with Gasteiger partial charge in [0.15, 0.2) is 0 Å². The highest BCUT2D eigenvalue weighted by molar-refractivity contribution is 7.84. The number of nitrogens with one attached hydrogen (secondary N) is 1. The van der Waals surface area contributed by atoms with E-state index in [-0.39, 0.29) is 5.56 Å². The number of pyridine rings is 1. The highest BCUT2D eigenvalue weighted by Gasteiger charge is 2.09. The van der Waals surface area contributed by atoms with Gasteiger partial charge in [-0.1, -0.05) is 6.92 Å². The molecule has 1 aromatic heterocycles. The summed E-state index contributed by atoms with van der Waals surface area (Å²) in [5, 5.41) is 11.8. The number of carboxylic acid groups (broad SMARTS) is 1. The lowest BCUT2D eigenvalue weighted by Gasteiger charge is -2.08. The van der Waals surface area contributed by atoms with E-state index in [4.69, 9.17) is 5.11 Å². The van der Waals surface area contributed by atoms with Gasteiger partial charge in [-0.2, -0.15) is 0 Å². The molecule has 0 bridgehead atoms. The van der Waals surface area contributed by atoms with Crippen LogP contribution in [0.15, 0.2) is 18.5 Å². The quantitative estimate of drug-likeness (QED) is 0.776. The lowest BCUT2D eigenvalue weighted by molar-refractivity contribution is 0.0697. The number of aromatic nitrogens is 1. The van der Waals surface area contributed by atoms with Crippen LogP contribution in [0.4, 0.5) is 5.69 Å². The van der Waals surface area contributed by atoms with Crippen molar-refractivity contribution < 1.29 is 14.1 Å². The topological polar surface area (TPSA) is 79.3 Å². The van der Waals surface area contributed by atoms with E-state index in [9.17, 15) is 9.00 Å². The van der Waals surface area contributed by atoms with Crippen molar-refractivity contribution in [1.82, 2.24) is 4.98 Å². The van der Waals surface area contributed by atoms with Gasteiger partial charge in [0, 0.05) is 41.2 Å². The van der Waals surface area contributed by atoms with Crippen LogP contribution in [0.3, 0.4) is 0 Å². The van der Waals surface area contributed by atoms with Crippen LogP contribution < -0.4 is 5.32 Å². The summed E-state index contributed by atoms with van der Waals surface area (Å²) in [7, 11) is -0.844. The van der Waals surface area contributed by atoms with Crippen molar-refractivity contribution in [3.05, 3.63) is 24.0 Å². The zero-order valence-electron chi connectivity index (χ0n) is 8.97. The molecule has 1 atom stereocenters. The van der Waals surface area contributed by atoms with Gasteiger partial charge in [0.2, 0.25) is 0 Å². The van der Waals surface area contributed by atoms with Crippen LogP contribution in [0, 0.1) is 0 Å². The van der Waals surface area contributed by atoms with Crippen molar-refractivity contribution in [3.8, 4) is 0 Å². The average Bonchev–Trinajstić information content (AvgIpc) is 2.29. The van der Waals surface area contributed by atoms with Crippen LogP contribution >= 0.6 is 0 Å². The highest BCUT2D eigenvalue weighted by Crippen LogP contribution is 2.12. The molecule has 0 aromatic carbocycles. The van der Waals surface area contributed by atoms with E-state index in [2.05, 4.69) is 10.3 Å². The molecule has 0 spiro atoms. The Kier molecular flexibility index (Phi) is 4.91. The molecule has 6 heteroatoms. The molecule has 1 unspecified atom stereocenters. The Hall–Kier alpha value is -1.43. The number of anilines is 1. The number of hydrogen-bond donors (Lipinski definition) is 2. The molecular weight excluding hydrogens is 228 g/mol. The Bertz CT molecular complexity index is 395. The SMILES string of the molecule is CCS(=O)CCNc1ccncc1C(=O)O. The van der Waals surface area contributed by atoms with Gasteiger partial charge in [-0.25, -0.2) is 4.79 Å². The van der Waals surface area contributed by atoms with Gasteiger partial charge in [-0.05, 0) is 6.07 Å². The fourth-order valence-corrected chi connectivity index (χ4v) is 1.78. The number of hydrogen-bond acceptors (Lipinski definition) is 4. The zero-order valence-corrected chi connectivity index (χ0v) is 9.79. The Morgan fingerprint density at radius 1 is 1.62 bits per heavy atom. The van der Waals surface area contributed by atoms with Gasteiger partial charge in [-0.3, -0.25) is 9.19 Å². The fourth-order valence-electron chi connectivity index (χ4n) is 1.16. The summed E-state index contributed by atoms with van der Waals surface area (Å²) in [6.45, 7) is 2.34. The van der Waals surface area contributed by atoms with E-state index in [1.54, 1.807) is 6.07 Å². The monoisotopic (exact) mass is 242 g/mol.